The lowest BCUT2D eigenvalue weighted by atomic mass is 9.99. The molecule has 80 valence electrons. The molecule has 0 spiro atoms. The molecule has 0 unspecified atom stereocenters. The third-order valence-electron chi connectivity index (χ3n) is 1.77. The van der Waals surface area contributed by atoms with Crippen molar-refractivity contribution in [2.75, 3.05) is 0 Å². The van der Waals surface area contributed by atoms with Gasteiger partial charge in [0.1, 0.15) is 5.82 Å². The predicted molar refractivity (Wildman–Crippen MR) is 49.4 cm³/mol. The average Bonchev–Trinajstić information content (AvgIpc) is 2.08. The van der Waals surface area contributed by atoms with E-state index in [-0.39, 0.29) is 10.6 Å². The Morgan fingerprint density at radius 3 is 2.20 bits per heavy atom. The van der Waals surface area contributed by atoms with Crippen LogP contribution >= 0.6 is 11.6 Å². The zero-order valence-electron chi connectivity index (χ0n) is 7.28. The summed E-state index contributed by atoms with van der Waals surface area (Å²) in [7, 11) is 0. The molecule has 0 aromatic heterocycles. The minimum atomic E-state index is -1.78. The number of carboxylic acids is 2. The van der Waals surface area contributed by atoms with Crippen molar-refractivity contribution in [3.63, 3.8) is 0 Å². The molecule has 0 fully saturated rings. The van der Waals surface area contributed by atoms with Gasteiger partial charge in [0.25, 0.3) is 0 Å². The number of halogens is 2. The van der Waals surface area contributed by atoms with Crippen LogP contribution in [0.3, 0.4) is 0 Å². The van der Waals surface area contributed by atoms with Gasteiger partial charge in [-0.05, 0) is 17.7 Å². The number of carboxylic acid groups (broad SMARTS) is 2. The molecule has 0 atom stereocenters. The molecule has 0 heterocycles. The van der Waals surface area contributed by atoms with E-state index in [9.17, 15) is 14.0 Å². The number of carbonyl (C=O) groups is 2. The van der Waals surface area contributed by atoms with Crippen LogP contribution in [-0.4, -0.2) is 22.2 Å². The zero-order chi connectivity index (χ0) is 11.6. The van der Waals surface area contributed by atoms with E-state index in [0.29, 0.717) is 0 Å². The summed E-state index contributed by atoms with van der Waals surface area (Å²) in [6.07, 6.45) is 0. The summed E-state index contributed by atoms with van der Waals surface area (Å²) in [5, 5.41) is 17.1. The standard InChI is InChI=1S/C9H6ClFO4/c10-6-3-4(11)1-2-5(6)7(8(12)13)9(14)15/h1-3,7H,(H,12,13)(H,14,15). The third kappa shape index (κ3) is 2.44. The first kappa shape index (κ1) is 11.5. The van der Waals surface area contributed by atoms with Gasteiger partial charge in [-0.2, -0.15) is 0 Å². The molecular weight excluding hydrogens is 227 g/mol. The highest BCUT2D eigenvalue weighted by atomic mass is 35.5. The van der Waals surface area contributed by atoms with Crippen LogP contribution in [0.5, 0.6) is 0 Å². The summed E-state index contributed by atoms with van der Waals surface area (Å²) in [5.74, 6) is -5.52. The lowest BCUT2D eigenvalue weighted by Crippen LogP contribution is -2.21. The Morgan fingerprint density at radius 2 is 1.80 bits per heavy atom. The minimum absolute atomic E-state index is 0.141. The van der Waals surface area contributed by atoms with Crippen molar-refractivity contribution in [3.05, 3.63) is 34.6 Å². The largest absolute Gasteiger partial charge is 0.480 e. The summed E-state index contributed by atoms with van der Waals surface area (Å²) in [4.78, 5) is 21.3. The van der Waals surface area contributed by atoms with Crippen LogP contribution in [0, 0.1) is 5.82 Å². The molecular formula is C9H6ClFO4. The average molecular weight is 233 g/mol. The van der Waals surface area contributed by atoms with Crippen LogP contribution in [0.4, 0.5) is 4.39 Å². The second-order valence-electron chi connectivity index (χ2n) is 2.78. The van der Waals surface area contributed by atoms with Gasteiger partial charge in [-0.25, -0.2) is 4.39 Å². The van der Waals surface area contributed by atoms with Crippen LogP contribution in [0.1, 0.15) is 11.5 Å². The molecule has 1 aromatic rings. The fourth-order valence-electron chi connectivity index (χ4n) is 1.11. The second kappa shape index (κ2) is 4.27. The van der Waals surface area contributed by atoms with Crippen LogP contribution < -0.4 is 0 Å². The van der Waals surface area contributed by atoms with Crippen LogP contribution in [-0.2, 0) is 9.59 Å². The maximum absolute atomic E-state index is 12.6. The minimum Gasteiger partial charge on any atom is -0.480 e. The molecule has 6 heteroatoms. The molecule has 0 amide bonds. The second-order valence-corrected chi connectivity index (χ2v) is 3.18. The Balaban J connectivity index is 3.23. The SMILES string of the molecule is O=C(O)C(C(=O)O)c1ccc(F)cc1Cl. The van der Waals surface area contributed by atoms with Gasteiger partial charge in [0, 0.05) is 5.02 Å². The summed E-state index contributed by atoms with van der Waals surface area (Å²) in [5.41, 5.74) is -0.141. The highest BCUT2D eigenvalue weighted by molar-refractivity contribution is 6.32. The predicted octanol–water partition coefficient (Wildman–Crippen LogP) is 1.73. The van der Waals surface area contributed by atoms with Gasteiger partial charge in [0.2, 0.25) is 0 Å². The van der Waals surface area contributed by atoms with Gasteiger partial charge in [0.05, 0.1) is 0 Å². The number of rotatable bonds is 3. The summed E-state index contributed by atoms with van der Waals surface area (Å²) in [6.45, 7) is 0. The van der Waals surface area contributed by atoms with Crippen molar-refractivity contribution in [1.29, 1.82) is 0 Å². The normalized spacial score (nSPS) is 10.3. The van der Waals surface area contributed by atoms with Crippen LogP contribution in [0.25, 0.3) is 0 Å². The molecule has 15 heavy (non-hydrogen) atoms. The van der Waals surface area contributed by atoms with Crippen molar-refractivity contribution >= 4 is 23.5 Å². The Bertz CT molecular complexity index is 405. The molecule has 0 aliphatic heterocycles. The Labute approximate surface area is 88.9 Å². The highest BCUT2D eigenvalue weighted by Crippen LogP contribution is 2.26. The van der Waals surface area contributed by atoms with E-state index in [1.807, 2.05) is 0 Å². The number of hydrogen-bond donors (Lipinski definition) is 2. The number of benzene rings is 1. The fraction of sp³-hybridized carbons (Fsp3) is 0.111. The Kier molecular flexibility index (Phi) is 3.26. The Morgan fingerprint density at radius 1 is 1.27 bits per heavy atom. The van der Waals surface area contributed by atoms with E-state index in [4.69, 9.17) is 21.8 Å². The molecule has 0 bridgehead atoms. The van der Waals surface area contributed by atoms with E-state index < -0.39 is 23.7 Å². The molecule has 0 saturated carbocycles. The van der Waals surface area contributed by atoms with Gasteiger partial charge in [-0.1, -0.05) is 17.7 Å². The lowest BCUT2D eigenvalue weighted by Gasteiger charge is -2.09. The fourth-order valence-corrected chi connectivity index (χ4v) is 1.38. The van der Waals surface area contributed by atoms with Gasteiger partial charge >= 0.3 is 11.9 Å². The molecule has 0 aliphatic carbocycles. The van der Waals surface area contributed by atoms with Gasteiger partial charge in [-0.15, -0.1) is 0 Å². The van der Waals surface area contributed by atoms with E-state index >= 15 is 0 Å². The Hall–Kier alpha value is -1.62. The number of hydrogen-bond acceptors (Lipinski definition) is 2. The molecule has 2 N–H and O–H groups in total. The molecule has 0 radical (unpaired) electrons. The van der Waals surface area contributed by atoms with Gasteiger partial charge < -0.3 is 10.2 Å². The maximum Gasteiger partial charge on any atom is 0.322 e. The van der Waals surface area contributed by atoms with E-state index in [2.05, 4.69) is 0 Å². The van der Waals surface area contributed by atoms with Crippen molar-refractivity contribution in [3.8, 4) is 0 Å². The van der Waals surface area contributed by atoms with E-state index in [1.54, 1.807) is 0 Å². The van der Waals surface area contributed by atoms with Crippen molar-refractivity contribution in [2.24, 2.45) is 0 Å². The summed E-state index contributed by atoms with van der Waals surface area (Å²) < 4.78 is 12.6. The molecule has 4 nitrogen and oxygen atoms in total. The van der Waals surface area contributed by atoms with Crippen molar-refractivity contribution in [2.45, 2.75) is 5.92 Å². The van der Waals surface area contributed by atoms with Crippen molar-refractivity contribution < 1.29 is 24.2 Å². The van der Waals surface area contributed by atoms with E-state index in [0.717, 1.165) is 18.2 Å². The first-order chi connectivity index (χ1) is 6.93. The maximum atomic E-state index is 12.6. The smallest absolute Gasteiger partial charge is 0.322 e. The number of aliphatic carboxylic acids is 2. The van der Waals surface area contributed by atoms with Crippen LogP contribution in [0.15, 0.2) is 18.2 Å². The topological polar surface area (TPSA) is 74.6 Å². The molecule has 1 rings (SSSR count). The van der Waals surface area contributed by atoms with Gasteiger partial charge in [0.15, 0.2) is 5.92 Å². The monoisotopic (exact) mass is 232 g/mol. The first-order valence-electron chi connectivity index (χ1n) is 3.84. The van der Waals surface area contributed by atoms with E-state index in [1.165, 1.54) is 0 Å². The van der Waals surface area contributed by atoms with Crippen molar-refractivity contribution in [1.82, 2.24) is 0 Å². The van der Waals surface area contributed by atoms with Gasteiger partial charge in [-0.3, -0.25) is 9.59 Å². The first-order valence-corrected chi connectivity index (χ1v) is 4.22. The quantitative estimate of drug-likeness (QED) is 0.779. The van der Waals surface area contributed by atoms with Crippen LogP contribution in [0.2, 0.25) is 5.02 Å². The summed E-state index contributed by atoms with van der Waals surface area (Å²) in [6, 6.07) is 2.88. The highest BCUT2D eigenvalue weighted by Gasteiger charge is 2.29. The zero-order valence-corrected chi connectivity index (χ0v) is 8.03. The lowest BCUT2D eigenvalue weighted by molar-refractivity contribution is -0.150. The summed E-state index contributed by atoms with van der Waals surface area (Å²) >= 11 is 5.55. The third-order valence-corrected chi connectivity index (χ3v) is 2.09. The molecule has 0 saturated heterocycles. The molecule has 1 aromatic carbocycles. The molecule has 0 aliphatic rings.